The fourth-order valence-corrected chi connectivity index (χ4v) is 4.13. The average Bonchev–Trinajstić information content (AvgIpc) is 3.12. The Hall–Kier alpha value is -1.44. The number of carbonyl (C=O) groups is 1. The van der Waals surface area contributed by atoms with Crippen LogP contribution in [0.15, 0.2) is 28.9 Å². The molecule has 0 unspecified atom stereocenters. The van der Waals surface area contributed by atoms with Crippen molar-refractivity contribution in [2.75, 3.05) is 19.6 Å². The summed E-state index contributed by atoms with van der Waals surface area (Å²) in [6, 6.07) is 6.51. The number of nitrogens with zero attached hydrogens (tertiary/aromatic N) is 4. The van der Waals surface area contributed by atoms with Crippen LogP contribution in [0, 0.1) is 0 Å². The molecule has 2 aromatic rings. The van der Waals surface area contributed by atoms with Gasteiger partial charge < -0.3 is 10.2 Å². The maximum Gasteiger partial charge on any atom is 0.276 e. The number of piperidine rings is 1. The van der Waals surface area contributed by atoms with Crippen molar-refractivity contribution < 1.29 is 4.79 Å². The molecule has 1 aromatic heterocycles. The number of nitrogens with one attached hydrogen (secondary N) is 1. The number of benzene rings is 1. The first-order chi connectivity index (χ1) is 11.7. The van der Waals surface area contributed by atoms with Crippen molar-refractivity contribution in [1.29, 1.82) is 0 Å². The summed E-state index contributed by atoms with van der Waals surface area (Å²) in [5, 5.41) is 11.7. The molecular formula is C17H21BrClN5O. The minimum absolute atomic E-state index is 0. The molecule has 25 heavy (non-hydrogen) atoms. The van der Waals surface area contributed by atoms with Crippen molar-refractivity contribution in [3.05, 3.63) is 45.7 Å². The molecule has 2 aliphatic rings. The van der Waals surface area contributed by atoms with E-state index in [1.807, 2.05) is 21.8 Å². The van der Waals surface area contributed by atoms with Crippen molar-refractivity contribution in [3.8, 4) is 0 Å². The van der Waals surface area contributed by atoms with Crippen LogP contribution in [0.3, 0.4) is 0 Å². The van der Waals surface area contributed by atoms with Crippen molar-refractivity contribution >= 4 is 34.2 Å². The van der Waals surface area contributed by atoms with Crippen molar-refractivity contribution in [2.24, 2.45) is 0 Å². The van der Waals surface area contributed by atoms with Gasteiger partial charge in [0.05, 0.1) is 12.2 Å². The number of carbonyl (C=O) groups excluding carboxylic acids is 1. The summed E-state index contributed by atoms with van der Waals surface area (Å²) in [6.45, 7) is 3.33. The van der Waals surface area contributed by atoms with Gasteiger partial charge in [-0.1, -0.05) is 33.3 Å². The summed E-state index contributed by atoms with van der Waals surface area (Å²) in [7, 11) is 0. The number of hydrogen-bond donors (Lipinski definition) is 1. The highest BCUT2D eigenvalue weighted by molar-refractivity contribution is 9.10. The molecule has 1 saturated heterocycles. The smallest absolute Gasteiger partial charge is 0.276 e. The van der Waals surface area contributed by atoms with Gasteiger partial charge in [0.15, 0.2) is 5.69 Å². The van der Waals surface area contributed by atoms with Crippen molar-refractivity contribution in [1.82, 2.24) is 25.2 Å². The number of halogens is 2. The molecule has 8 heteroatoms. The second-order valence-electron chi connectivity index (χ2n) is 6.42. The Morgan fingerprint density at radius 3 is 2.88 bits per heavy atom. The third kappa shape index (κ3) is 3.73. The third-order valence-electron chi connectivity index (χ3n) is 4.91. The topological polar surface area (TPSA) is 63.1 Å². The van der Waals surface area contributed by atoms with E-state index in [1.165, 1.54) is 11.1 Å². The maximum atomic E-state index is 12.8. The van der Waals surface area contributed by atoms with Crippen LogP contribution in [0.4, 0.5) is 0 Å². The molecular weight excluding hydrogens is 406 g/mol. The Morgan fingerprint density at radius 1 is 1.28 bits per heavy atom. The molecule has 0 saturated carbocycles. The molecule has 4 rings (SSSR count). The first-order valence-electron chi connectivity index (χ1n) is 8.40. The van der Waals surface area contributed by atoms with E-state index in [2.05, 4.69) is 43.7 Å². The molecule has 0 radical (unpaired) electrons. The quantitative estimate of drug-likeness (QED) is 0.802. The number of fused-ring (bicyclic) bond motifs is 1. The molecule has 134 valence electrons. The summed E-state index contributed by atoms with van der Waals surface area (Å²) < 4.78 is 2.99. The van der Waals surface area contributed by atoms with Crippen LogP contribution < -0.4 is 5.32 Å². The van der Waals surface area contributed by atoms with Crippen LogP contribution in [0.25, 0.3) is 0 Å². The lowest BCUT2D eigenvalue weighted by atomic mass is 10.00. The molecule has 1 N–H and O–H groups in total. The van der Waals surface area contributed by atoms with E-state index in [1.54, 1.807) is 0 Å². The van der Waals surface area contributed by atoms with Crippen LogP contribution in [0.2, 0.25) is 0 Å². The first-order valence-corrected chi connectivity index (χ1v) is 9.20. The normalized spacial score (nSPS) is 17.7. The Kier molecular flexibility index (Phi) is 5.76. The van der Waals surface area contributed by atoms with E-state index >= 15 is 0 Å². The Balaban J connectivity index is 0.00000182. The molecule has 2 aliphatic heterocycles. The summed E-state index contributed by atoms with van der Waals surface area (Å²) in [4.78, 5) is 14.6. The monoisotopic (exact) mass is 425 g/mol. The van der Waals surface area contributed by atoms with Gasteiger partial charge in [-0.05, 0) is 49.5 Å². The first kappa shape index (κ1) is 18.4. The lowest BCUT2D eigenvalue weighted by Gasteiger charge is -2.28. The summed E-state index contributed by atoms with van der Waals surface area (Å²) >= 11 is 3.60. The van der Waals surface area contributed by atoms with Gasteiger partial charge in [-0.15, -0.1) is 17.5 Å². The highest BCUT2D eigenvalue weighted by atomic mass is 79.9. The van der Waals surface area contributed by atoms with E-state index in [4.69, 9.17) is 0 Å². The third-order valence-corrected chi connectivity index (χ3v) is 5.65. The van der Waals surface area contributed by atoms with E-state index in [-0.39, 0.29) is 18.3 Å². The van der Waals surface area contributed by atoms with Gasteiger partial charge >= 0.3 is 0 Å². The van der Waals surface area contributed by atoms with E-state index in [9.17, 15) is 4.79 Å². The van der Waals surface area contributed by atoms with Gasteiger partial charge in [-0.3, -0.25) is 4.79 Å². The molecule has 1 fully saturated rings. The van der Waals surface area contributed by atoms with Crippen LogP contribution in [0.5, 0.6) is 0 Å². The van der Waals surface area contributed by atoms with Gasteiger partial charge in [0.25, 0.3) is 5.91 Å². The zero-order valence-corrected chi connectivity index (χ0v) is 16.2. The largest absolute Gasteiger partial charge is 0.333 e. The van der Waals surface area contributed by atoms with Crippen LogP contribution >= 0.6 is 28.3 Å². The SMILES string of the molecule is Cl.O=C(c1cn(C2CCNCC2)nn1)N1CCc2c(Br)cccc2C1. The minimum atomic E-state index is -0.0270. The fraction of sp³-hybridized carbons (Fsp3) is 0.471. The van der Waals surface area contributed by atoms with Crippen molar-refractivity contribution in [2.45, 2.75) is 31.8 Å². The van der Waals surface area contributed by atoms with Gasteiger partial charge in [0.2, 0.25) is 0 Å². The zero-order valence-electron chi connectivity index (χ0n) is 13.8. The molecule has 3 heterocycles. The van der Waals surface area contributed by atoms with Gasteiger partial charge in [-0.2, -0.15) is 0 Å². The average molecular weight is 427 g/mol. The number of hydrogen-bond acceptors (Lipinski definition) is 4. The fourth-order valence-electron chi connectivity index (χ4n) is 3.52. The highest BCUT2D eigenvalue weighted by Gasteiger charge is 2.26. The molecule has 0 bridgehead atoms. The van der Waals surface area contributed by atoms with Crippen molar-refractivity contribution in [3.63, 3.8) is 0 Å². The number of aromatic nitrogens is 3. The predicted octanol–water partition coefficient (Wildman–Crippen LogP) is 2.59. The van der Waals surface area contributed by atoms with Gasteiger partial charge in [0, 0.05) is 17.6 Å². The van der Waals surface area contributed by atoms with Crippen LogP contribution in [-0.2, 0) is 13.0 Å². The highest BCUT2D eigenvalue weighted by Crippen LogP contribution is 2.27. The van der Waals surface area contributed by atoms with E-state index < -0.39 is 0 Å². The molecule has 0 atom stereocenters. The summed E-state index contributed by atoms with van der Waals surface area (Å²) in [5.74, 6) is -0.0270. The van der Waals surface area contributed by atoms with E-state index in [0.29, 0.717) is 24.8 Å². The minimum Gasteiger partial charge on any atom is -0.333 e. The van der Waals surface area contributed by atoms with Crippen LogP contribution in [-0.4, -0.2) is 45.4 Å². The Morgan fingerprint density at radius 2 is 2.08 bits per heavy atom. The van der Waals surface area contributed by atoms with Gasteiger partial charge in [0.1, 0.15) is 0 Å². The summed E-state index contributed by atoms with van der Waals surface area (Å²) in [6.07, 6.45) is 4.74. The number of rotatable bonds is 2. The molecule has 0 spiro atoms. The zero-order chi connectivity index (χ0) is 16.5. The molecule has 0 aliphatic carbocycles. The summed E-state index contributed by atoms with van der Waals surface area (Å²) in [5.41, 5.74) is 2.96. The standard InChI is InChI=1S/C17H20BrN5O.ClH/c18-15-3-1-2-12-10-22(9-6-14(12)15)17(24)16-11-23(21-20-16)13-4-7-19-8-5-13;/h1-3,11,13,19H,4-10H2;1H. The second-order valence-corrected chi connectivity index (χ2v) is 7.27. The van der Waals surface area contributed by atoms with Gasteiger partial charge in [-0.25, -0.2) is 4.68 Å². The van der Waals surface area contributed by atoms with Crippen LogP contribution in [0.1, 0.15) is 40.5 Å². The van der Waals surface area contributed by atoms with E-state index in [0.717, 1.165) is 36.8 Å². The lowest BCUT2D eigenvalue weighted by molar-refractivity contribution is 0.0728. The predicted molar refractivity (Wildman–Crippen MR) is 101 cm³/mol. The Labute approximate surface area is 161 Å². The Bertz CT molecular complexity index is 759. The molecule has 6 nitrogen and oxygen atoms in total. The molecule has 1 aromatic carbocycles. The second kappa shape index (κ2) is 7.85. The number of amides is 1. The molecule has 1 amide bonds. The maximum absolute atomic E-state index is 12.8. The lowest BCUT2D eigenvalue weighted by Crippen LogP contribution is -2.36.